The van der Waals surface area contributed by atoms with Gasteiger partial charge in [-0.15, -0.1) is 0 Å². The predicted octanol–water partition coefficient (Wildman–Crippen LogP) is 4.63. The van der Waals surface area contributed by atoms with E-state index in [-0.39, 0.29) is 29.9 Å². The molecule has 0 amide bonds. The molecule has 0 heterocycles. The Hall–Kier alpha value is -1.68. The molecular weight excluding hydrogens is 350 g/mol. The average Bonchev–Trinajstić information content (AvgIpc) is 3.12. The fraction of sp³-hybridized carbons (Fsp3) is 0.667. The van der Waals surface area contributed by atoms with Gasteiger partial charge in [-0.1, -0.05) is 49.6 Å². The van der Waals surface area contributed by atoms with Gasteiger partial charge in [0.05, 0.1) is 6.54 Å². The van der Waals surface area contributed by atoms with Crippen molar-refractivity contribution in [3.63, 3.8) is 0 Å². The van der Waals surface area contributed by atoms with Crippen LogP contribution in [0, 0.1) is 11.8 Å². The van der Waals surface area contributed by atoms with Gasteiger partial charge in [-0.2, -0.15) is 0 Å². The van der Waals surface area contributed by atoms with Crippen LogP contribution >= 0.6 is 0 Å². The van der Waals surface area contributed by atoms with Crippen molar-refractivity contribution in [2.24, 2.45) is 11.8 Å². The molecule has 0 aromatic heterocycles. The molecule has 1 aromatic carbocycles. The standard InChI is InChI=1S/C24H35NO3/c1-23(2,3)28-22(27)16-25-24(12-8-5-9-13-24)20-14-19(17-26)21(15-20)18-10-6-4-7-11-18/h4,6-7,10-11,17,19-21,25H,5,8-9,12-16H2,1-3H3/t19-,20+,21-/m1/s1. The van der Waals surface area contributed by atoms with Gasteiger partial charge in [-0.05, 0) is 63.9 Å². The van der Waals surface area contributed by atoms with Gasteiger partial charge in [0.1, 0.15) is 11.9 Å². The second-order valence-corrected chi connectivity index (χ2v) is 9.64. The van der Waals surface area contributed by atoms with E-state index in [0.29, 0.717) is 5.92 Å². The number of benzene rings is 1. The molecule has 1 aromatic rings. The van der Waals surface area contributed by atoms with Crippen molar-refractivity contribution in [2.45, 2.75) is 82.8 Å². The zero-order valence-corrected chi connectivity index (χ0v) is 17.6. The minimum absolute atomic E-state index is 0.0556. The average molecular weight is 386 g/mol. The molecule has 3 atom stereocenters. The summed E-state index contributed by atoms with van der Waals surface area (Å²) in [6.07, 6.45) is 8.84. The first kappa shape index (κ1) is 21.0. The minimum atomic E-state index is -0.465. The van der Waals surface area contributed by atoms with Gasteiger partial charge >= 0.3 is 5.97 Å². The lowest BCUT2D eigenvalue weighted by Crippen LogP contribution is -2.54. The predicted molar refractivity (Wildman–Crippen MR) is 111 cm³/mol. The molecule has 154 valence electrons. The van der Waals surface area contributed by atoms with Crippen LogP contribution in [0.5, 0.6) is 0 Å². The molecule has 4 nitrogen and oxygen atoms in total. The second kappa shape index (κ2) is 8.77. The third kappa shape index (κ3) is 5.02. The number of hydrogen-bond acceptors (Lipinski definition) is 4. The summed E-state index contributed by atoms with van der Waals surface area (Å²) in [5, 5.41) is 3.63. The smallest absolute Gasteiger partial charge is 0.320 e. The van der Waals surface area contributed by atoms with E-state index < -0.39 is 5.60 Å². The molecule has 0 unspecified atom stereocenters. The highest BCUT2D eigenvalue weighted by Gasteiger charge is 2.47. The van der Waals surface area contributed by atoms with Crippen LogP contribution in [0.1, 0.15) is 77.2 Å². The zero-order chi connectivity index (χ0) is 20.2. The Bertz CT molecular complexity index is 658. The highest BCUT2D eigenvalue weighted by molar-refractivity contribution is 5.72. The molecule has 0 spiro atoms. The highest BCUT2D eigenvalue weighted by atomic mass is 16.6. The summed E-state index contributed by atoms with van der Waals surface area (Å²) in [7, 11) is 0. The molecule has 3 rings (SSSR count). The third-order valence-corrected chi connectivity index (χ3v) is 6.55. The Balaban J connectivity index is 1.74. The maximum atomic E-state index is 12.3. The Labute approximate surface area is 169 Å². The lowest BCUT2D eigenvalue weighted by molar-refractivity contribution is -0.154. The van der Waals surface area contributed by atoms with Crippen LogP contribution in [-0.2, 0) is 14.3 Å². The van der Waals surface area contributed by atoms with E-state index in [2.05, 4.69) is 29.6 Å². The van der Waals surface area contributed by atoms with Crippen molar-refractivity contribution in [1.82, 2.24) is 5.32 Å². The van der Waals surface area contributed by atoms with Gasteiger partial charge in [0.25, 0.3) is 0 Å². The molecule has 0 bridgehead atoms. The summed E-state index contributed by atoms with van der Waals surface area (Å²) >= 11 is 0. The quantitative estimate of drug-likeness (QED) is 0.573. The van der Waals surface area contributed by atoms with Gasteiger partial charge in [0.2, 0.25) is 0 Å². The molecule has 2 fully saturated rings. The van der Waals surface area contributed by atoms with Crippen LogP contribution in [0.25, 0.3) is 0 Å². The van der Waals surface area contributed by atoms with Gasteiger partial charge in [-0.25, -0.2) is 0 Å². The number of esters is 1. The minimum Gasteiger partial charge on any atom is -0.459 e. The van der Waals surface area contributed by atoms with Crippen molar-refractivity contribution >= 4 is 12.3 Å². The molecule has 28 heavy (non-hydrogen) atoms. The number of hydrogen-bond donors (Lipinski definition) is 1. The number of aldehydes is 1. The molecule has 2 aliphatic carbocycles. The Kier molecular flexibility index (Phi) is 6.59. The van der Waals surface area contributed by atoms with E-state index in [9.17, 15) is 9.59 Å². The van der Waals surface area contributed by atoms with Crippen LogP contribution in [0.3, 0.4) is 0 Å². The number of carbonyl (C=O) groups is 2. The number of rotatable bonds is 6. The van der Waals surface area contributed by atoms with E-state index >= 15 is 0 Å². The molecule has 2 saturated carbocycles. The Morgan fingerprint density at radius 3 is 2.43 bits per heavy atom. The summed E-state index contributed by atoms with van der Waals surface area (Å²) in [6.45, 7) is 5.95. The topological polar surface area (TPSA) is 55.4 Å². The zero-order valence-electron chi connectivity index (χ0n) is 17.6. The lowest BCUT2D eigenvalue weighted by atomic mass is 9.71. The van der Waals surface area contributed by atoms with Crippen molar-refractivity contribution in [1.29, 1.82) is 0 Å². The molecule has 1 N–H and O–H groups in total. The fourth-order valence-electron chi connectivity index (χ4n) is 5.29. The third-order valence-electron chi connectivity index (χ3n) is 6.55. The Morgan fingerprint density at radius 2 is 1.82 bits per heavy atom. The van der Waals surface area contributed by atoms with Crippen molar-refractivity contribution in [3.05, 3.63) is 35.9 Å². The maximum Gasteiger partial charge on any atom is 0.320 e. The molecule has 4 heteroatoms. The number of ether oxygens (including phenoxy) is 1. The highest BCUT2D eigenvalue weighted by Crippen LogP contribution is 2.50. The largest absolute Gasteiger partial charge is 0.459 e. The summed E-state index contributed by atoms with van der Waals surface area (Å²) in [5.41, 5.74) is 0.743. The van der Waals surface area contributed by atoms with Crippen molar-refractivity contribution < 1.29 is 14.3 Å². The van der Waals surface area contributed by atoms with Gasteiger partial charge in [0, 0.05) is 11.5 Å². The van der Waals surface area contributed by atoms with Crippen LogP contribution < -0.4 is 5.32 Å². The van der Waals surface area contributed by atoms with Gasteiger partial charge in [-0.3, -0.25) is 4.79 Å². The lowest BCUT2D eigenvalue weighted by Gasteiger charge is -2.43. The van der Waals surface area contributed by atoms with E-state index in [1.54, 1.807) is 0 Å². The molecular formula is C24H35NO3. The van der Waals surface area contributed by atoms with Crippen molar-refractivity contribution in [3.8, 4) is 0 Å². The Morgan fingerprint density at radius 1 is 1.14 bits per heavy atom. The van der Waals surface area contributed by atoms with Gasteiger partial charge < -0.3 is 14.8 Å². The van der Waals surface area contributed by atoms with Gasteiger partial charge in [0.15, 0.2) is 0 Å². The first-order valence-corrected chi connectivity index (χ1v) is 10.8. The fourth-order valence-corrected chi connectivity index (χ4v) is 5.29. The van der Waals surface area contributed by atoms with Crippen LogP contribution in [-0.4, -0.2) is 29.9 Å². The second-order valence-electron chi connectivity index (χ2n) is 9.64. The van der Waals surface area contributed by atoms with Crippen LogP contribution in [0.15, 0.2) is 30.3 Å². The molecule has 0 aliphatic heterocycles. The van der Waals surface area contributed by atoms with Crippen LogP contribution in [0.2, 0.25) is 0 Å². The summed E-state index contributed by atoms with van der Waals surface area (Å²) in [5.74, 6) is 0.568. The number of carbonyl (C=O) groups excluding carboxylic acids is 2. The van der Waals surface area contributed by atoms with E-state index in [1.807, 2.05) is 26.8 Å². The normalized spacial score (nSPS) is 27.3. The summed E-state index contributed by atoms with van der Waals surface area (Å²) < 4.78 is 5.51. The van der Waals surface area contributed by atoms with Crippen LogP contribution in [0.4, 0.5) is 0 Å². The summed E-state index contributed by atoms with van der Waals surface area (Å²) in [4.78, 5) is 24.2. The van der Waals surface area contributed by atoms with Crippen molar-refractivity contribution in [2.75, 3.05) is 6.54 Å². The molecule has 0 radical (unpaired) electrons. The number of nitrogens with one attached hydrogen (secondary N) is 1. The molecule has 0 saturated heterocycles. The van der Waals surface area contributed by atoms with E-state index in [4.69, 9.17) is 4.74 Å². The van der Waals surface area contributed by atoms with E-state index in [0.717, 1.165) is 32.0 Å². The first-order chi connectivity index (χ1) is 13.3. The SMILES string of the molecule is CC(C)(C)OC(=O)CNC1([C@@H]2C[C@H](c3ccccc3)[C@@H](C=O)C2)CCCCC1. The summed E-state index contributed by atoms with van der Waals surface area (Å²) in [6, 6.07) is 10.4. The first-order valence-electron chi connectivity index (χ1n) is 10.8. The monoisotopic (exact) mass is 385 g/mol. The maximum absolute atomic E-state index is 12.3. The van der Waals surface area contributed by atoms with E-state index in [1.165, 1.54) is 24.8 Å². The molecule has 2 aliphatic rings.